The van der Waals surface area contributed by atoms with E-state index in [1.54, 1.807) is 16.8 Å². The molecule has 0 atom stereocenters. The molecule has 2 heterocycles. The van der Waals surface area contributed by atoms with Crippen LogP contribution < -0.4 is 0 Å². The van der Waals surface area contributed by atoms with E-state index in [1.807, 2.05) is 24.3 Å². The van der Waals surface area contributed by atoms with E-state index in [2.05, 4.69) is 10.1 Å². The van der Waals surface area contributed by atoms with Crippen LogP contribution in [0.25, 0.3) is 27.3 Å². The number of thiazole rings is 1. The van der Waals surface area contributed by atoms with Crippen LogP contribution in [-0.4, -0.2) is 25.8 Å². The van der Waals surface area contributed by atoms with Crippen LogP contribution in [0.5, 0.6) is 0 Å². The van der Waals surface area contributed by atoms with E-state index in [0.717, 1.165) is 10.9 Å². The predicted octanol–water partition coefficient (Wildman–Crippen LogP) is 3.99. The molecular weight excluding hydrogens is 329 g/mol. The topological polar surface area (TPSA) is 68.0 Å². The largest absolute Gasteiger partial charge is 0.476 e. The average Bonchev–Trinajstić information content (AvgIpc) is 3.19. The summed E-state index contributed by atoms with van der Waals surface area (Å²) in [6, 6.07) is 13.7. The van der Waals surface area contributed by atoms with E-state index in [4.69, 9.17) is 5.11 Å². The number of nitrogens with zero attached hydrogens (tertiary/aromatic N) is 3. The summed E-state index contributed by atoms with van der Waals surface area (Å²) in [6.45, 7) is 0. The number of aromatic nitrogens is 3. The van der Waals surface area contributed by atoms with Gasteiger partial charge in [-0.2, -0.15) is 5.10 Å². The average molecular weight is 339 g/mol. The number of rotatable bonds is 3. The number of carboxylic acid groups (broad SMARTS) is 1. The Bertz CT molecular complexity index is 1070. The highest BCUT2D eigenvalue weighted by Gasteiger charge is 2.17. The van der Waals surface area contributed by atoms with E-state index in [1.165, 1.54) is 28.8 Å². The van der Waals surface area contributed by atoms with Gasteiger partial charge in [0.1, 0.15) is 11.5 Å². The number of aromatic carboxylic acids is 1. The Morgan fingerprint density at radius 1 is 1.17 bits per heavy atom. The second-order valence-corrected chi connectivity index (χ2v) is 5.94. The monoisotopic (exact) mass is 339 g/mol. The van der Waals surface area contributed by atoms with Crippen molar-refractivity contribution in [3.8, 4) is 16.4 Å². The second-order valence-electron chi connectivity index (χ2n) is 5.11. The number of carboxylic acids is 1. The van der Waals surface area contributed by atoms with Gasteiger partial charge in [-0.05, 0) is 18.2 Å². The molecule has 0 saturated heterocycles. The molecule has 7 heteroatoms. The van der Waals surface area contributed by atoms with Crippen LogP contribution in [0, 0.1) is 5.82 Å². The Kier molecular flexibility index (Phi) is 3.35. The van der Waals surface area contributed by atoms with Crippen molar-refractivity contribution in [1.82, 2.24) is 14.8 Å². The molecule has 24 heavy (non-hydrogen) atoms. The summed E-state index contributed by atoms with van der Waals surface area (Å²) >= 11 is 1.19. The summed E-state index contributed by atoms with van der Waals surface area (Å²) in [4.78, 5) is 15.1. The van der Waals surface area contributed by atoms with E-state index in [9.17, 15) is 9.18 Å². The Morgan fingerprint density at radius 3 is 2.75 bits per heavy atom. The Hall–Kier alpha value is -3.06. The van der Waals surface area contributed by atoms with Crippen molar-refractivity contribution in [2.45, 2.75) is 0 Å². The van der Waals surface area contributed by atoms with Gasteiger partial charge in [-0.25, -0.2) is 18.9 Å². The van der Waals surface area contributed by atoms with Crippen LogP contribution in [0.4, 0.5) is 4.39 Å². The van der Waals surface area contributed by atoms with Gasteiger partial charge in [0.15, 0.2) is 5.69 Å². The molecule has 5 nitrogen and oxygen atoms in total. The molecule has 0 saturated carbocycles. The van der Waals surface area contributed by atoms with Crippen molar-refractivity contribution in [3.63, 3.8) is 0 Å². The molecule has 0 spiro atoms. The zero-order chi connectivity index (χ0) is 16.7. The summed E-state index contributed by atoms with van der Waals surface area (Å²) in [5.74, 6) is -1.42. The molecule has 0 aliphatic rings. The van der Waals surface area contributed by atoms with Crippen LogP contribution in [0.2, 0.25) is 0 Å². The molecule has 118 valence electrons. The van der Waals surface area contributed by atoms with Crippen LogP contribution in [-0.2, 0) is 0 Å². The van der Waals surface area contributed by atoms with Crippen molar-refractivity contribution in [1.29, 1.82) is 0 Å². The van der Waals surface area contributed by atoms with E-state index < -0.39 is 5.97 Å². The number of fused-ring (bicyclic) bond motifs is 1. The van der Waals surface area contributed by atoms with Crippen molar-refractivity contribution < 1.29 is 14.3 Å². The quantitative estimate of drug-likeness (QED) is 0.613. The van der Waals surface area contributed by atoms with Gasteiger partial charge in [-0.15, -0.1) is 11.3 Å². The number of carbonyl (C=O) groups is 1. The molecular formula is C17H10FN3O2S. The van der Waals surface area contributed by atoms with E-state index >= 15 is 0 Å². The normalized spacial score (nSPS) is 11.0. The first-order valence-corrected chi connectivity index (χ1v) is 7.94. The van der Waals surface area contributed by atoms with Crippen molar-refractivity contribution in [2.24, 2.45) is 0 Å². The maximum Gasteiger partial charge on any atom is 0.355 e. The first kappa shape index (κ1) is 14.5. The Labute approximate surface area is 139 Å². The third kappa shape index (κ3) is 2.35. The van der Waals surface area contributed by atoms with Gasteiger partial charge in [0, 0.05) is 16.3 Å². The molecule has 0 aliphatic carbocycles. The number of hydrogen-bond donors (Lipinski definition) is 1. The standard InChI is InChI=1S/C17H10FN3O2S/c18-11-5-3-4-10(8-11)15-12-6-1-2-7-14(12)21(20-15)17-19-13(9-24-17)16(22)23/h1-9H,(H,22,23). The summed E-state index contributed by atoms with van der Waals surface area (Å²) in [5, 5.41) is 16.4. The zero-order valence-electron chi connectivity index (χ0n) is 12.2. The molecule has 4 rings (SSSR count). The lowest BCUT2D eigenvalue weighted by Crippen LogP contribution is -2.00. The van der Waals surface area contributed by atoms with Gasteiger partial charge < -0.3 is 5.11 Å². The molecule has 2 aromatic carbocycles. The first-order valence-electron chi connectivity index (χ1n) is 7.06. The highest BCUT2D eigenvalue weighted by molar-refractivity contribution is 7.12. The van der Waals surface area contributed by atoms with Crippen LogP contribution in [0.3, 0.4) is 0 Å². The third-order valence-electron chi connectivity index (χ3n) is 3.58. The van der Waals surface area contributed by atoms with E-state index in [-0.39, 0.29) is 11.5 Å². The van der Waals surface area contributed by atoms with Gasteiger partial charge in [0.25, 0.3) is 0 Å². The molecule has 1 N–H and O–H groups in total. The van der Waals surface area contributed by atoms with Crippen molar-refractivity contribution in [2.75, 3.05) is 0 Å². The minimum Gasteiger partial charge on any atom is -0.476 e. The lowest BCUT2D eigenvalue weighted by Gasteiger charge is -1.97. The van der Waals surface area contributed by atoms with Crippen LogP contribution >= 0.6 is 11.3 Å². The summed E-state index contributed by atoms with van der Waals surface area (Å²) in [7, 11) is 0. The molecule has 0 unspecified atom stereocenters. The van der Waals surface area contributed by atoms with Crippen molar-refractivity contribution in [3.05, 3.63) is 65.4 Å². The molecule has 0 bridgehead atoms. The minimum atomic E-state index is -1.08. The SMILES string of the molecule is O=C(O)c1csc(-n2nc(-c3cccc(F)c3)c3ccccc32)n1. The Balaban J connectivity index is 1.95. The summed E-state index contributed by atoms with van der Waals surface area (Å²) < 4.78 is 15.2. The van der Waals surface area contributed by atoms with Crippen LogP contribution in [0.1, 0.15) is 10.5 Å². The number of para-hydroxylation sites is 1. The van der Waals surface area contributed by atoms with Gasteiger partial charge in [0.2, 0.25) is 5.13 Å². The van der Waals surface area contributed by atoms with Gasteiger partial charge in [-0.1, -0.05) is 30.3 Å². The summed E-state index contributed by atoms with van der Waals surface area (Å²) in [5.41, 5.74) is 2.03. The lowest BCUT2D eigenvalue weighted by atomic mass is 10.1. The fraction of sp³-hybridized carbons (Fsp3) is 0. The fourth-order valence-corrected chi connectivity index (χ4v) is 3.28. The molecule has 0 fully saturated rings. The first-order chi connectivity index (χ1) is 11.6. The molecule has 2 aromatic heterocycles. The predicted molar refractivity (Wildman–Crippen MR) is 89.1 cm³/mol. The number of benzene rings is 2. The highest BCUT2D eigenvalue weighted by Crippen LogP contribution is 2.30. The highest BCUT2D eigenvalue weighted by atomic mass is 32.1. The van der Waals surface area contributed by atoms with E-state index in [0.29, 0.717) is 16.4 Å². The van der Waals surface area contributed by atoms with Gasteiger partial charge >= 0.3 is 5.97 Å². The maximum absolute atomic E-state index is 13.6. The van der Waals surface area contributed by atoms with Gasteiger partial charge in [-0.3, -0.25) is 0 Å². The fourth-order valence-electron chi connectivity index (χ4n) is 2.52. The molecule has 0 amide bonds. The third-order valence-corrected chi connectivity index (χ3v) is 4.39. The molecule has 0 aliphatic heterocycles. The Morgan fingerprint density at radius 2 is 2.00 bits per heavy atom. The number of halogens is 1. The maximum atomic E-state index is 13.6. The number of hydrogen-bond acceptors (Lipinski definition) is 4. The lowest BCUT2D eigenvalue weighted by molar-refractivity contribution is 0.0691. The second kappa shape index (κ2) is 5.54. The van der Waals surface area contributed by atoms with Crippen LogP contribution in [0.15, 0.2) is 53.9 Å². The molecule has 4 aromatic rings. The smallest absolute Gasteiger partial charge is 0.355 e. The van der Waals surface area contributed by atoms with Crippen molar-refractivity contribution >= 4 is 28.2 Å². The summed E-state index contributed by atoms with van der Waals surface area (Å²) in [6.07, 6.45) is 0. The minimum absolute atomic E-state index is 0.0260. The molecule has 0 radical (unpaired) electrons. The van der Waals surface area contributed by atoms with Gasteiger partial charge in [0.05, 0.1) is 5.52 Å². The zero-order valence-corrected chi connectivity index (χ0v) is 13.0.